The second kappa shape index (κ2) is 6.30. The van der Waals surface area contributed by atoms with Crippen LogP contribution in [0.25, 0.3) is 10.9 Å². The molecule has 0 spiro atoms. The minimum Gasteiger partial charge on any atom is -0.351 e. The van der Waals surface area contributed by atoms with Gasteiger partial charge in [-0.2, -0.15) is 0 Å². The van der Waals surface area contributed by atoms with Gasteiger partial charge in [0.05, 0.1) is 17.2 Å². The van der Waals surface area contributed by atoms with Crippen molar-refractivity contribution in [2.45, 2.75) is 52.6 Å². The van der Waals surface area contributed by atoms with E-state index < -0.39 is 0 Å². The molecular formula is C17H23N3O2. The molecule has 0 saturated heterocycles. The van der Waals surface area contributed by atoms with Gasteiger partial charge in [-0.25, -0.2) is 4.98 Å². The lowest BCUT2D eigenvalue weighted by atomic mass is 10.0. The average molecular weight is 301 g/mol. The van der Waals surface area contributed by atoms with Crippen LogP contribution >= 0.6 is 0 Å². The SMILES string of the molecule is CCC(C)(C)NC(=O)CCn1cnc2c(C)cccc2c1=O. The van der Waals surface area contributed by atoms with Crippen molar-refractivity contribution in [3.8, 4) is 0 Å². The molecule has 0 aliphatic heterocycles. The van der Waals surface area contributed by atoms with Crippen LogP contribution < -0.4 is 10.9 Å². The van der Waals surface area contributed by atoms with Gasteiger partial charge in [0.2, 0.25) is 5.91 Å². The van der Waals surface area contributed by atoms with Crippen molar-refractivity contribution >= 4 is 16.8 Å². The summed E-state index contributed by atoms with van der Waals surface area (Å²) in [5.41, 5.74) is 1.38. The van der Waals surface area contributed by atoms with Crippen molar-refractivity contribution in [2.75, 3.05) is 0 Å². The van der Waals surface area contributed by atoms with Crippen LogP contribution in [0.3, 0.4) is 0 Å². The third kappa shape index (κ3) is 3.53. The van der Waals surface area contributed by atoms with Gasteiger partial charge in [-0.3, -0.25) is 14.2 Å². The lowest BCUT2D eigenvalue weighted by Gasteiger charge is -2.24. The number of rotatable bonds is 5. The number of carbonyl (C=O) groups is 1. The highest BCUT2D eigenvalue weighted by Crippen LogP contribution is 2.11. The molecule has 2 aromatic rings. The fourth-order valence-electron chi connectivity index (χ4n) is 2.25. The fourth-order valence-corrected chi connectivity index (χ4v) is 2.25. The molecule has 0 fully saturated rings. The van der Waals surface area contributed by atoms with Crippen molar-refractivity contribution in [3.05, 3.63) is 40.4 Å². The van der Waals surface area contributed by atoms with Gasteiger partial charge in [0, 0.05) is 18.5 Å². The number of fused-ring (bicyclic) bond motifs is 1. The van der Waals surface area contributed by atoms with Crippen molar-refractivity contribution in [2.24, 2.45) is 0 Å². The maximum atomic E-state index is 12.4. The molecule has 0 radical (unpaired) electrons. The van der Waals surface area contributed by atoms with Crippen molar-refractivity contribution < 1.29 is 4.79 Å². The Balaban J connectivity index is 2.15. The second-order valence-electron chi connectivity index (χ2n) is 6.25. The van der Waals surface area contributed by atoms with E-state index in [0.717, 1.165) is 17.5 Å². The number of nitrogens with zero attached hydrogens (tertiary/aromatic N) is 2. The molecule has 0 saturated carbocycles. The van der Waals surface area contributed by atoms with Gasteiger partial charge in [-0.05, 0) is 38.8 Å². The van der Waals surface area contributed by atoms with E-state index in [4.69, 9.17) is 0 Å². The Hall–Kier alpha value is -2.17. The van der Waals surface area contributed by atoms with Crippen molar-refractivity contribution in [1.29, 1.82) is 0 Å². The zero-order chi connectivity index (χ0) is 16.3. The minimum atomic E-state index is -0.221. The fraction of sp³-hybridized carbons (Fsp3) is 0.471. The Morgan fingerprint density at radius 3 is 2.77 bits per heavy atom. The first-order chi connectivity index (χ1) is 10.3. The minimum absolute atomic E-state index is 0.0527. The molecule has 0 unspecified atom stereocenters. The normalized spacial score (nSPS) is 11.6. The molecule has 118 valence electrons. The smallest absolute Gasteiger partial charge is 0.261 e. The predicted octanol–water partition coefficient (Wildman–Crippen LogP) is 2.40. The molecular weight excluding hydrogens is 278 g/mol. The summed E-state index contributed by atoms with van der Waals surface area (Å²) >= 11 is 0. The van der Waals surface area contributed by atoms with Crippen LogP contribution in [-0.2, 0) is 11.3 Å². The first-order valence-electron chi connectivity index (χ1n) is 7.60. The summed E-state index contributed by atoms with van der Waals surface area (Å²) in [5, 5.41) is 3.56. The Kier molecular flexibility index (Phi) is 4.64. The zero-order valence-corrected chi connectivity index (χ0v) is 13.6. The van der Waals surface area contributed by atoms with Gasteiger partial charge in [0.15, 0.2) is 0 Å². The van der Waals surface area contributed by atoms with Gasteiger partial charge in [-0.15, -0.1) is 0 Å². The first kappa shape index (κ1) is 16.2. The summed E-state index contributed by atoms with van der Waals surface area (Å²) in [7, 11) is 0. The Bertz CT molecular complexity index is 747. The molecule has 0 bridgehead atoms. The van der Waals surface area contributed by atoms with Gasteiger partial charge < -0.3 is 5.32 Å². The molecule has 5 nitrogen and oxygen atoms in total. The van der Waals surface area contributed by atoms with Crippen molar-refractivity contribution in [1.82, 2.24) is 14.9 Å². The summed E-state index contributed by atoms with van der Waals surface area (Å²) < 4.78 is 1.50. The van der Waals surface area contributed by atoms with Gasteiger partial charge in [-0.1, -0.05) is 19.1 Å². The van der Waals surface area contributed by atoms with E-state index in [0.29, 0.717) is 11.9 Å². The lowest BCUT2D eigenvalue weighted by Crippen LogP contribution is -2.43. The quantitative estimate of drug-likeness (QED) is 0.922. The number of hydrogen-bond donors (Lipinski definition) is 1. The highest BCUT2D eigenvalue weighted by atomic mass is 16.2. The highest BCUT2D eigenvalue weighted by molar-refractivity contribution is 5.80. The topological polar surface area (TPSA) is 64.0 Å². The molecule has 1 aromatic carbocycles. The van der Waals surface area contributed by atoms with E-state index in [-0.39, 0.29) is 23.4 Å². The number of hydrogen-bond acceptors (Lipinski definition) is 3. The largest absolute Gasteiger partial charge is 0.351 e. The third-order valence-electron chi connectivity index (χ3n) is 4.00. The van der Waals surface area contributed by atoms with E-state index in [1.54, 1.807) is 6.07 Å². The van der Waals surface area contributed by atoms with Gasteiger partial charge >= 0.3 is 0 Å². The van der Waals surface area contributed by atoms with Crippen LogP contribution in [-0.4, -0.2) is 21.0 Å². The second-order valence-corrected chi connectivity index (χ2v) is 6.25. The molecule has 1 N–H and O–H groups in total. The summed E-state index contributed by atoms with van der Waals surface area (Å²) in [4.78, 5) is 28.7. The Labute approximate surface area is 130 Å². The van der Waals surface area contributed by atoms with Crippen molar-refractivity contribution in [3.63, 3.8) is 0 Å². The standard InChI is InChI=1S/C17H23N3O2/c1-5-17(3,4)19-14(21)9-10-20-11-18-15-12(2)7-6-8-13(15)16(20)22/h6-8,11H,5,9-10H2,1-4H3,(H,19,21). The molecule has 5 heteroatoms. The Morgan fingerprint density at radius 1 is 1.36 bits per heavy atom. The maximum absolute atomic E-state index is 12.4. The van der Waals surface area contributed by atoms with Crippen LogP contribution in [0.1, 0.15) is 39.2 Å². The van der Waals surface area contributed by atoms with Crippen LogP contribution in [0, 0.1) is 6.92 Å². The molecule has 0 aliphatic rings. The predicted molar refractivity (Wildman–Crippen MR) is 87.9 cm³/mol. The molecule has 1 heterocycles. The summed E-state index contributed by atoms with van der Waals surface area (Å²) in [6.07, 6.45) is 2.65. The van der Waals surface area contributed by atoms with Gasteiger partial charge in [0.25, 0.3) is 5.56 Å². The molecule has 22 heavy (non-hydrogen) atoms. The van der Waals surface area contributed by atoms with Crippen LogP contribution in [0.5, 0.6) is 0 Å². The number of para-hydroxylation sites is 1. The summed E-state index contributed by atoms with van der Waals surface area (Å²) in [6.45, 7) is 8.26. The average Bonchev–Trinajstić information content (AvgIpc) is 2.47. The number of nitrogens with one attached hydrogen (secondary N) is 1. The van der Waals surface area contributed by atoms with E-state index in [2.05, 4.69) is 10.3 Å². The molecule has 1 aromatic heterocycles. The number of amides is 1. The molecule has 2 rings (SSSR count). The summed E-state index contributed by atoms with van der Waals surface area (Å²) in [5.74, 6) is -0.0527. The maximum Gasteiger partial charge on any atom is 0.261 e. The van der Waals surface area contributed by atoms with E-state index >= 15 is 0 Å². The molecule has 1 amide bonds. The highest BCUT2D eigenvalue weighted by Gasteiger charge is 2.17. The summed E-state index contributed by atoms with van der Waals surface area (Å²) in [6, 6.07) is 5.55. The van der Waals surface area contributed by atoms with Gasteiger partial charge in [0.1, 0.15) is 0 Å². The number of benzene rings is 1. The van der Waals surface area contributed by atoms with E-state index in [9.17, 15) is 9.59 Å². The van der Waals surface area contributed by atoms with Crippen LogP contribution in [0.2, 0.25) is 0 Å². The monoisotopic (exact) mass is 301 g/mol. The number of aryl methyl sites for hydroxylation is 2. The molecule has 0 atom stereocenters. The first-order valence-corrected chi connectivity index (χ1v) is 7.60. The van der Waals surface area contributed by atoms with Crippen LogP contribution in [0.4, 0.5) is 0 Å². The molecule has 0 aliphatic carbocycles. The van der Waals surface area contributed by atoms with Crippen LogP contribution in [0.15, 0.2) is 29.3 Å². The van der Waals surface area contributed by atoms with E-state index in [1.165, 1.54) is 10.9 Å². The number of aromatic nitrogens is 2. The Morgan fingerprint density at radius 2 is 2.09 bits per heavy atom. The lowest BCUT2D eigenvalue weighted by molar-refractivity contribution is -0.122. The zero-order valence-electron chi connectivity index (χ0n) is 13.6. The third-order valence-corrected chi connectivity index (χ3v) is 4.00. The van der Waals surface area contributed by atoms with E-state index in [1.807, 2.05) is 39.8 Å². The number of carbonyl (C=O) groups excluding carboxylic acids is 1.